The fraction of sp³-hybridized carbons (Fsp3) is 0.417. The van der Waals surface area contributed by atoms with Gasteiger partial charge in [0, 0.05) is 32.7 Å². The van der Waals surface area contributed by atoms with Crippen LogP contribution < -0.4 is 9.47 Å². The molecular weight excluding hydrogens is 410 g/mol. The number of nitrogens with zero attached hydrogens (tertiary/aromatic N) is 3. The third-order valence-corrected chi connectivity index (χ3v) is 5.76. The Bertz CT molecular complexity index is 926. The lowest BCUT2D eigenvalue weighted by Gasteiger charge is -2.38. The Morgan fingerprint density at radius 1 is 1.09 bits per heavy atom. The van der Waals surface area contributed by atoms with Crippen LogP contribution in [0.1, 0.15) is 22.7 Å². The van der Waals surface area contributed by atoms with Gasteiger partial charge in [-0.25, -0.2) is 0 Å². The summed E-state index contributed by atoms with van der Waals surface area (Å²) in [5, 5.41) is 6.89. The van der Waals surface area contributed by atoms with E-state index in [-0.39, 0.29) is 18.4 Å². The molecule has 0 aromatic heterocycles. The van der Waals surface area contributed by atoms with Gasteiger partial charge in [0.05, 0.1) is 0 Å². The zero-order valence-electron chi connectivity index (χ0n) is 18.9. The molecule has 2 aliphatic rings. The van der Waals surface area contributed by atoms with E-state index in [4.69, 9.17) is 19.4 Å². The molecule has 0 aliphatic carbocycles. The summed E-state index contributed by atoms with van der Waals surface area (Å²) in [4.78, 5) is 28.1. The second kappa shape index (κ2) is 11.0. The van der Waals surface area contributed by atoms with Crippen molar-refractivity contribution in [2.75, 3.05) is 47.1 Å². The Morgan fingerprint density at radius 2 is 1.75 bits per heavy atom. The van der Waals surface area contributed by atoms with Crippen molar-refractivity contribution in [3.8, 4) is 11.5 Å². The van der Waals surface area contributed by atoms with Gasteiger partial charge in [0.2, 0.25) is 12.7 Å². The molecule has 2 aromatic carbocycles. The maximum atomic E-state index is 13.3. The highest BCUT2D eigenvalue weighted by Gasteiger charge is 2.31. The third-order valence-electron chi connectivity index (χ3n) is 5.76. The summed E-state index contributed by atoms with van der Waals surface area (Å²) in [6.07, 6.45) is 0. The molecule has 32 heavy (non-hydrogen) atoms. The van der Waals surface area contributed by atoms with Crippen molar-refractivity contribution in [1.82, 2.24) is 14.7 Å². The van der Waals surface area contributed by atoms with E-state index in [0.29, 0.717) is 6.79 Å². The van der Waals surface area contributed by atoms with Crippen LogP contribution in [0.4, 0.5) is 0 Å². The van der Waals surface area contributed by atoms with Crippen molar-refractivity contribution in [2.45, 2.75) is 19.5 Å². The summed E-state index contributed by atoms with van der Waals surface area (Å²) in [5.74, 6) is 1.82. The Labute approximate surface area is 188 Å². The number of carboxylic acid groups (broad SMARTS) is 1. The van der Waals surface area contributed by atoms with Gasteiger partial charge in [0.15, 0.2) is 11.5 Å². The highest BCUT2D eigenvalue weighted by atomic mass is 16.7. The molecule has 1 fully saturated rings. The lowest BCUT2D eigenvalue weighted by Crippen LogP contribution is -2.51. The van der Waals surface area contributed by atoms with Crippen LogP contribution in [0.5, 0.6) is 11.5 Å². The highest BCUT2D eigenvalue weighted by Crippen LogP contribution is 2.33. The van der Waals surface area contributed by atoms with Crippen LogP contribution in [0.3, 0.4) is 0 Å². The summed E-state index contributed by atoms with van der Waals surface area (Å²) in [7, 11) is 3.95. The minimum Gasteiger partial charge on any atom is -0.483 e. The van der Waals surface area contributed by atoms with Gasteiger partial charge in [0.25, 0.3) is 6.47 Å². The number of piperazine rings is 1. The van der Waals surface area contributed by atoms with E-state index >= 15 is 0 Å². The number of carbonyl (C=O) groups excluding carboxylic acids is 1. The van der Waals surface area contributed by atoms with Crippen LogP contribution in [0.2, 0.25) is 0 Å². The number of carbonyl (C=O) groups is 2. The van der Waals surface area contributed by atoms with E-state index in [1.54, 1.807) is 0 Å². The molecule has 1 unspecified atom stereocenters. The number of likely N-dealkylation sites (N-methyl/N-ethyl adjacent to an activating group) is 1. The Balaban J connectivity index is 0.000000913. The normalized spacial score (nSPS) is 16.3. The number of amides is 1. The van der Waals surface area contributed by atoms with Crippen LogP contribution in [0.15, 0.2) is 42.5 Å². The highest BCUT2D eigenvalue weighted by molar-refractivity contribution is 5.83. The van der Waals surface area contributed by atoms with E-state index < -0.39 is 0 Å². The maximum absolute atomic E-state index is 13.3. The molecule has 0 saturated carbocycles. The van der Waals surface area contributed by atoms with Gasteiger partial charge in [-0.2, -0.15) is 0 Å². The quantitative estimate of drug-likeness (QED) is 0.714. The molecule has 1 atom stereocenters. The molecule has 8 heteroatoms. The average molecular weight is 442 g/mol. The minimum absolute atomic E-state index is 0.187. The van der Waals surface area contributed by atoms with Crippen molar-refractivity contribution in [3.05, 3.63) is 59.2 Å². The number of rotatable bonds is 5. The monoisotopic (exact) mass is 441 g/mol. The number of hydrogen-bond acceptors (Lipinski definition) is 6. The molecule has 0 radical (unpaired) electrons. The first-order chi connectivity index (χ1) is 15.4. The molecule has 1 saturated heterocycles. The Hall–Kier alpha value is -3.10. The van der Waals surface area contributed by atoms with Gasteiger partial charge in [-0.05, 0) is 49.8 Å². The maximum Gasteiger partial charge on any atom is 0.290 e. The first-order valence-corrected chi connectivity index (χ1v) is 10.6. The van der Waals surface area contributed by atoms with Gasteiger partial charge in [-0.3, -0.25) is 19.4 Å². The molecule has 8 nitrogen and oxygen atoms in total. The van der Waals surface area contributed by atoms with Gasteiger partial charge in [-0.1, -0.05) is 30.3 Å². The fourth-order valence-electron chi connectivity index (χ4n) is 4.12. The number of fused-ring (bicyclic) bond motifs is 1. The molecule has 172 valence electrons. The zero-order valence-corrected chi connectivity index (χ0v) is 18.9. The fourth-order valence-corrected chi connectivity index (χ4v) is 4.12. The van der Waals surface area contributed by atoms with Crippen LogP contribution >= 0.6 is 0 Å². The predicted octanol–water partition coefficient (Wildman–Crippen LogP) is 2.37. The van der Waals surface area contributed by atoms with Crippen molar-refractivity contribution in [1.29, 1.82) is 0 Å². The summed E-state index contributed by atoms with van der Waals surface area (Å²) < 4.78 is 10.9. The van der Waals surface area contributed by atoms with E-state index in [1.165, 1.54) is 5.56 Å². The van der Waals surface area contributed by atoms with E-state index in [0.717, 1.165) is 55.3 Å². The second-order valence-corrected chi connectivity index (χ2v) is 8.12. The Kier molecular flexibility index (Phi) is 8.08. The number of aryl methyl sites for hydroxylation is 1. The van der Waals surface area contributed by atoms with Crippen molar-refractivity contribution in [3.63, 3.8) is 0 Å². The third kappa shape index (κ3) is 5.57. The second-order valence-electron chi connectivity index (χ2n) is 8.12. The molecule has 4 rings (SSSR count). The molecule has 2 aliphatic heterocycles. The first-order valence-electron chi connectivity index (χ1n) is 10.6. The van der Waals surface area contributed by atoms with E-state index in [2.05, 4.69) is 36.1 Å². The Morgan fingerprint density at radius 3 is 2.41 bits per heavy atom. The topological polar surface area (TPSA) is 82.6 Å². The summed E-state index contributed by atoms with van der Waals surface area (Å²) in [6, 6.07) is 14.0. The smallest absolute Gasteiger partial charge is 0.290 e. The van der Waals surface area contributed by atoms with Crippen LogP contribution in [-0.4, -0.2) is 79.3 Å². The van der Waals surface area contributed by atoms with E-state index in [1.807, 2.05) is 42.1 Å². The largest absolute Gasteiger partial charge is 0.483 e. The SMILES string of the molecule is Cc1ccccc1C(C(=O)N1CCN(Cc2ccc3c(c2)OCO3)CC1)N(C)C.O=CO. The van der Waals surface area contributed by atoms with E-state index in [9.17, 15) is 4.79 Å². The standard InChI is InChI=1S/C23H29N3O3.CH2O2/c1-17-6-4-5-7-19(17)22(24(2)3)23(27)26-12-10-25(11-13-26)15-18-8-9-20-21(14-18)29-16-28-20;2-1-3/h4-9,14,22H,10-13,15-16H2,1-3H3;1H,(H,2,3). The van der Waals surface area contributed by atoms with Gasteiger partial charge >= 0.3 is 0 Å². The summed E-state index contributed by atoms with van der Waals surface area (Å²) in [6.45, 7) is 6.21. The van der Waals surface area contributed by atoms with Crippen LogP contribution in [0, 0.1) is 6.92 Å². The summed E-state index contributed by atoms with van der Waals surface area (Å²) >= 11 is 0. The molecule has 2 heterocycles. The average Bonchev–Trinajstić information content (AvgIpc) is 3.24. The van der Waals surface area contributed by atoms with Crippen molar-refractivity contribution in [2.24, 2.45) is 0 Å². The molecule has 1 N–H and O–H groups in total. The summed E-state index contributed by atoms with van der Waals surface area (Å²) in [5.41, 5.74) is 3.45. The van der Waals surface area contributed by atoms with Gasteiger partial charge in [-0.15, -0.1) is 0 Å². The lowest BCUT2D eigenvalue weighted by molar-refractivity contribution is -0.138. The van der Waals surface area contributed by atoms with Crippen LogP contribution in [-0.2, 0) is 16.1 Å². The molecule has 1 amide bonds. The van der Waals surface area contributed by atoms with Crippen molar-refractivity contribution < 1.29 is 24.2 Å². The van der Waals surface area contributed by atoms with Crippen molar-refractivity contribution >= 4 is 12.4 Å². The molecule has 0 bridgehead atoms. The first kappa shape index (κ1) is 23.6. The number of hydrogen-bond donors (Lipinski definition) is 1. The molecular formula is C24H31N3O5. The van der Waals surface area contributed by atoms with Gasteiger partial charge < -0.3 is 19.5 Å². The molecule has 0 spiro atoms. The minimum atomic E-state index is -0.250. The van der Waals surface area contributed by atoms with Gasteiger partial charge in [0.1, 0.15) is 6.04 Å². The number of benzene rings is 2. The number of ether oxygens (including phenoxy) is 2. The lowest BCUT2D eigenvalue weighted by atomic mass is 9.99. The van der Waals surface area contributed by atoms with Crippen LogP contribution in [0.25, 0.3) is 0 Å². The molecule has 2 aromatic rings. The predicted molar refractivity (Wildman–Crippen MR) is 121 cm³/mol. The zero-order chi connectivity index (χ0) is 23.1.